The van der Waals surface area contributed by atoms with Crippen LogP contribution in [-0.2, 0) is 0 Å². The van der Waals surface area contributed by atoms with Crippen molar-refractivity contribution in [2.45, 2.75) is 23.7 Å². The van der Waals surface area contributed by atoms with Crippen LogP contribution in [0.3, 0.4) is 0 Å². The van der Waals surface area contributed by atoms with Crippen molar-refractivity contribution in [3.05, 3.63) is 35.4 Å². The predicted octanol–water partition coefficient (Wildman–Crippen LogP) is 2.37. The van der Waals surface area contributed by atoms with Gasteiger partial charge in [-0.25, -0.2) is 17.6 Å². The lowest BCUT2D eigenvalue weighted by Gasteiger charge is -2.03. The van der Waals surface area contributed by atoms with Gasteiger partial charge in [-0.15, -0.1) is 0 Å². The van der Waals surface area contributed by atoms with E-state index in [2.05, 4.69) is 0 Å². The number of alkyl halides is 4. The molecule has 2 aliphatic carbocycles. The average Bonchev–Trinajstić information content (AvgIpc) is 3.18. The number of aliphatic hydroxyl groups is 2. The molecule has 20 heavy (non-hydrogen) atoms. The summed E-state index contributed by atoms with van der Waals surface area (Å²) in [5.41, 5.74) is 0.699. The summed E-state index contributed by atoms with van der Waals surface area (Å²) in [6, 6.07) is 5.64. The van der Waals surface area contributed by atoms with Crippen LogP contribution in [0.2, 0.25) is 0 Å². The van der Waals surface area contributed by atoms with Crippen LogP contribution in [0, 0.1) is 11.8 Å². The summed E-state index contributed by atoms with van der Waals surface area (Å²) in [6.45, 7) is -1.18. The third kappa shape index (κ3) is 1.78. The standard InChI is InChI=1S/C14H14F4O2/c15-13(16)9(5-19)11(13)7-1-2-8(4-3-7)12-10(6-20)14(12,17)18/h1-4,9-12,19-20H,5-6H2/t9-,10-,11-,12-/m1/s1. The Bertz CT molecular complexity index is 467. The van der Waals surface area contributed by atoms with Crippen LogP contribution in [-0.4, -0.2) is 35.3 Å². The fraction of sp³-hybridized carbons (Fsp3) is 0.571. The van der Waals surface area contributed by atoms with E-state index in [-0.39, 0.29) is 0 Å². The van der Waals surface area contributed by atoms with Crippen LogP contribution in [0.15, 0.2) is 24.3 Å². The molecule has 2 nitrogen and oxygen atoms in total. The zero-order valence-electron chi connectivity index (χ0n) is 10.4. The van der Waals surface area contributed by atoms with Crippen LogP contribution in [0.4, 0.5) is 17.6 Å². The average molecular weight is 290 g/mol. The fourth-order valence-electron chi connectivity index (χ4n) is 3.05. The molecule has 0 aromatic heterocycles. The maximum atomic E-state index is 13.3. The maximum Gasteiger partial charge on any atom is 0.261 e. The summed E-state index contributed by atoms with van der Waals surface area (Å²) < 4.78 is 53.4. The summed E-state index contributed by atoms with van der Waals surface area (Å²) in [6.07, 6.45) is 0. The van der Waals surface area contributed by atoms with Crippen molar-refractivity contribution < 1.29 is 27.8 Å². The molecule has 110 valence electrons. The Morgan fingerprint density at radius 3 is 1.25 bits per heavy atom. The largest absolute Gasteiger partial charge is 0.396 e. The van der Waals surface area contributed by atoms with Crippen LogP contribution in [0.1, 0.15) is 23.0 Å². The molecular weight excluding hydrogens is 276 g/mol. The minimum absolute atomic E-state index is 0.349. The minimum atomic E-state index is -2.92. The normalized spacial score (nSPS) is 36.7. The molecule has 0 unspecified atom stereocenters. The van der Waals surface area contributed by atoms with Gasteiger partial charge in [-0.05, 0) is 11.1 Å². The zero-order valence-corrected chi connectivity index (χ0v) is 10.4. The van der Waals surface area contributed by atoms with Crippen molar-refractivity contribution in [2.75, 3.05) is 13.2 Å². The van der Waals surface area contributed by atoms with Crippen LogP contribution >= 0.6 is 0 Å². The second kappa shape index (κ2) is 4.18. The van der Waals surface area contributed by atoms with Crippen molar-refractivity contribution in [2.24, 2.45) is 11.8 Å². The van der Waals surface area contributed by atoms with Crippen LogP contribution < -0.4 is 0 Å². The molecule has 3 rings (SSSR count). The molecule has 2 saturated carbocycles. The molecule has 0 heterocycles. The Labute approximate surface area is 113 Å². The molecule has 4 atom stereocenters. The van der Waals surface area contributed by atoms with Gasteiger partial charge in [0, 0.05) is 0 Å². The summed E-state index contributed by atoms with van der Waals surface area (Å²) >= 11 is 0. The summed E-state index contributed by atoms with van der Waals surface area (Å²) in [4.78, 5) is 0. The van der Waals surface area contributed by atoms with E-state index >= 15 is 0 Å². The lowest BCUT2D eigenvalue weighted by atomic mass is 10.0. The summed E-state index contributed by atoms with van der Waals surface area (Å²) in [5, 5.41) is 17.7. The number of hydrogen-bond acceptors (Lipinski definition) is 2. The van der Waals surface area contributed by atoms with E-state index in [0.29, 0.717) is 11.1 Å². The van der Waals surface area contributed by atoms with E-state index in [4.69, 9.17) is 10.2 Å². The molecule has 6 heteroatoms. The molecule has 2 fully saturated rings. The zero-order chi connectivity index (χ0) is 14.7. The maximum absolute atomic E-state index is 13.3. The van der Waals surface area contributed by atoms with Gasteiger partial charge in [0.05, 0.1) is 36.9 Å². The Balaban J connectivity index is 1.77. The number of benzene rings is 1. The van der Waals surface area contributed by atoms with Gasteiger partial charge in [-0.1, -0.05) is 24.3 Å². The first-order valence-electron chi connectivity index (χ1n) is 6.42. The van der Waals surface area contributed by atoms with Gasteiger partial charge in [-0.3, -0.25) is 0 Å². The summed E-state index contributed by atoms with van der Waals surface area (Å²) in [5.74, 6) is -10.1. The highest BCUT2D eigenvalue weighted by molar-refractivity contribution is 5.39. The molecule has 2 N–H and O–H groups in total. The van der Waals surface area contributed by atoms with E-state index in [0.717, 1.165) is 0 Å². The highest BCUT2D eigenvalue weighted by Gasteiger charge is 2.69. The Kier molecular flexibility index (Phi) is 2.89. The van der Waals surface area contributed by atoms with Gasteiger partial charge in [0.1, 0.15) is 0 Å². The second-order valence-corrected chi connectivity index (χ2v) is 5.55. The topological polar surface area (TPSA) is 40.5 Å². The molecule has 1 aromatic rings. The second-order valence-electron chi connectivity index (χ2n) is 5.55. The first-order chi connectivity index (χ1) is 9.35. The Morgan fingerprint density at radius 1 is 0.750 bits per heavy atom. The quantitative estimate of drug-likeness (QED) is 0.836. The molecule has 0 aliphatic heterocycles. The van der Waals surface area contributed by atoms with Crippen molar-refractivity contribution in [3.8, 4) is 0 Å². The van der Waals surface area contributed by atoms with Crippen LogP contribution in [0.25, 0.3) is 0 Å². The molecular formula is C14H14F4O2. The predicted molar refractivity (Wildman–Crippen MR) is 63.0 cm³/mol. The summed E-state index contributed by atoms with van der Waals surface area (Å²) in [7, 11) is 0. The third-order valence-electron chi connectivity index (χ3n) is 4.45. The first-order valence-corrected chi connectivity index (χ1v) is 6.42. The van der Waals surface area contributed by atoms with E-state index in [1.165, 1.54) is 24.3 Å². The lowest BCUT2D eigenvalue weighted by molar-refractivity contribution is 0.0774. The molecule has 0 saturated heterocycles. The van der Waals surface area contributed by atoms with Gasteiger partial charge in [-0.2, -0.15) is 0 Å². The molecule has 2 aliphatic rings. The number of aliphatic hydroxyl groups excluding tert-OH is 2. The van der Waals surface area contributed by atoms with E-state index < -0.39 is 48.7 Å². The van der Waals surface area contributed by atoms with Crippen LogP contribution in [0.5, 0.6) is 0 Å². The minimum Gasteiger partial charge on any atom is -0.396 e. The van der Waals surface area contributed by atoms with Crippen molar-refractivity contribution in [1.82, 2.24) is 0 Å². The fourth-order valence-corrected chi connectivity index (χ4v) is 3.05. The first kappa shape index (κ1) is 13.8. The molecule has 0 bridgehead atoms. The van der Waals surface area contributed by atoms with Crippen molar-refractivity contribution in [3.63, 3.8) is 0 Å². The van der Waals surface area contributed by atoms with Gasteiger partial charge < -0.3 is 10.2 Å². The van der Waals surface area contributed by atoms with E-state index in [1.54, 1.807) is 0 Å². The Hall–Kier alpha value is -1.14. The van der Waals surface area contributed by atoms with Gasteiger partial charge in [0.15, 0.2) is 0 Å². The smallest absolute Gasteiger partial charge is 0.261 e. The SMILES string of the molecule is OC[C@@H]1[C@@H](c2ccc([C@@H]3[C@@H](CO)C3(F)F)cc2)C1(F)F. The van der Waals surface area contributed by atoms with Gasteiger partial charge in [0.25, 0.3) is 11.8 Å². The monoisotopic (exact) mass is 290 g/mol. The highest BCUT2D eigenvalue weighted by atomic mass is 19.3. The molecule has 0 amide bonds. The molecule has 1 aromatic carbocycles. The van der Waals surface area contributed by atoms with E-state index in [9.17, 15) is 17.6 Å². The third-order valence-corrected chi connectivity index (χ3v) is 4.45. The number of halogens is 4. The number of rotatable bonds is 4. The van der Waals surface area contributed by atoms with Crippen molar-refractivity contribution >= 4 is 0 Å². The van der Waals surface area contributed by atoms with Gasteiger partial charge in [0.2, 0.25) is 0 Å². The molecule has 0 spiro atoms. The van der Waals surface area contributed by atoms with E-state index in [1.807, 2.05) is 0 Å². The van der Waals surface area contributed by atoms with Crippen molar-refractivity contribution in [1.29, 1.82) is 0 Å². The number of hydrogen-bond donors (Lipinski definition) is 2. The lowest BCUT2D eigenvalue weighted by Crippen LogP contribution is -1.97. The molecule has 0 radical (unpaired) electrons. The highest BCUT2D eigenvalue weighted by Crippen LogP contribution is 2.63. The Morgan fingerprint density at radius 2 is 1.05 bits per heavy atom. The van der Waals surface area contributed by atoms with Gasteiger partial charge >= 0.3 is 0 Å².